The summed E-state index contributed by atoms with van der Waals surface area (Å²) in [7, 11) is 4.26. The van der Waals surface area contributed by atoms with Gasteiger partial charge in [-0.25, -0.2) is 4.98 Å². The van der Waals surface area contributed by atoms with Crippen molar-refractivity contribution in [1.82, 2.24) is 19.4 Å². The molecule has 1 saturated heterocycles. The predicted octanol–water partition coefficient (Wildman–Crippen LogP) is 1.64. The number of nitrogens with two attached hydrogens (primary N) is 1. The molecule has 0 radical (unpaired) electrons. The summed E-state index contributed by atoms with van der Waals surface area (Å²) in [5.74, 6) is 1.02. The van der Waals surface area contributed by atoms with Crippen LogP contribution in [0.15, 0.2) is 30.3 Å². The summed E-state index contributed by atoms with van der Waals surface area (Å²) >= 11 is 0. The molecule has 2 N–H and O–H groups in total. The van der Waals surface area contributed by atoms with Gasteiger partial charge in [0.1, 0.15) is 5.82 Å². The summed E-state index contributed by atoms with van der Waals surface area (Å²) in [6, 6.07) is 10.6. The van der Waals surface area contributed by atoms with E-state index in [9.17, 15) is 0 Å². The first kappa shape index (κ1) is 16.2. The number of benzene rings is 1. The zero-order valence-electron chi connectivity index (χ0n) is 14.4. The van der Waals surface area contributed by atoms with E-state index in [0.717, 1.165) is 43.3 Å². The molecule has 0 aliphatic carbocycles. The lowest BCUT2D eigenvalue weighted by Gasteiger charge is -2.37. The van der Waals surface area contributed by atoms with Crippen LogP contribution in [0.2, 0.25) is 0 Å². The molecule has 3 rings (SSSR count). The Balaban J connectivity index is 1.92. The molecular formula is C18H27N5. The zero-order valence-corrected chi connectivity index (χ0v) is 14.4. The van der Waals surface area contributed by atoms with Crippen LogP contribution in [0, 0.1) is 6.92 Å². The zero-order chi connectivity index (χ0) is 16.4. The van der Waals surface area contributed by atoms with E-state index in [1.54, 1.807) is 0 Å². The number of likely N-dealkylation sites (N-methyl/N-ethyl adjacent to an activating group) is 1. The second-order valence-electron chi connectivity index (χ2n) is 6.42. The highest BCUT2D eigenvalue weighted by atomic mass is 15.3. The summed E-state index contributed by atoms with van der Waals surface area (Å²) in [5, 5.41) is 0. The van der Waals surface area contributed by atoms with Crippen molar-refractivity contribution >= 4 is 0 Å². The average Bonchev–Trinajstić information content (AvgIpc) is 2.87. The van der Waals surface area contributed by atoms with Gasteiger partial charge < -0.3 is 15.2 Å². The highest BCUT2D eigenvalue weighted by Gasteiger charge is 2.27. The van der Waals surface area contributed by atoms with Gasteiger partial charge in [-0.05, 0) is 14.0 Å². The lowest BCUT2D eigenvalue weighted by Crippen LogP contribution is -2.47. The molecule has 1 aromatic heterocycles. The second kappa shape index (κ2) is 6.83. The first-order chi connectivity index (χ1) is 11.1. The van der Waals surface area contributed by atoms with Crippen molar-refractivity contribution < 1.29 is 0 Å². The minimum Gasteiger partial charge on any atom is -0.331 e. The molecule has 0 saturated carbocycles. The van der Waals surface area contributed by atoms with E-state index in [1.807, 2.05) is 6.07 Å². The fourth-order valence-corrected chi connectivity index (χ4v) is 3.33. The molecule has 1 unspecified atom stereocenters. The maximum atomic E-state index is 6.13. The SMILES string of the molecule is Cc1c(C(CN)N2CCN(C)CC2)nc(-c2ccccc2)n1C. The van der Waals surface area contributed by atoms with E-state index >= 15 is 0 Å². The van der Waals surface area contributed by atoms with Crippen LogP contribution in [0.4, 0.5) is 0 Å². The summed E-state index contributed by atoms with van der Waals surface area (Å²) < 4.78 is 2.18. The number of hydrogen-bond donors (Lipinski definition) is 1. The minimum atomic E-state index is 0.201. The Kier molecular flexibility index (Phi) is 4.80. The first-order valence-electron chi connectivity index (χ1n) is 8.33. The number of imidazole rings is 1. The van der Waals surface area contributed by atoms with Gasteiger partial charge in [-0.15, -0.1) is 0 Å². The maximum Gasteiger partial charge on any atom is 0.140 e. The summed E-state index contributed by atoms with van der Waals surface area (Å²) in [4.78, 5) is 9.81. The van der Waals surface area contributed by atoms with E-state index in [0.29, 0.717) is 6.54 Å². The molecule has 1 aromatic carbocycles. The molecule has 1 aliphatic rings. The lowest BCUT2D eigenvalue weighted by atomic mass is 10.1. The van der Waals surface area contributed by atoms with E-state index in [2.05, 4.69) is 59.7 Å². The van der Waals surface area contributed by atoms with Crippen LogP contribution in [-0.4, -0.2) is 59.1 Å². The van der Waals surface area contributed by atoms with Crippen molar-refractivity contribution in [2.45, 2.75) is 13.0 Å². The van der Waals surface area contributed by atoms with Crippen molar-refractivity contribution in [3.63, 3.8) is 0 Å². The van der Waals surface area contributed by atoms with Gasteiger partial charge in [0.05, 0.1) is 11.7 Å². The molecule has 1 aliphatic heterocycles. The van der Waals surface area contributed by atoms with Crippen LogP contribution in [-0.2, 0) is 7.05 Å². The summed E-state index contributed by atoms with van der Waals surface area (Å²) in [5.41, 5.74) is 9.61. The number of piperazine rings is 1. The molecule has 2 heterocycles. The molecule has 0 spiro atoms. The molecule has 23 heavy (non-hydrogen) atoms. The predicted molar refractivity (Wildman–Crippen MR) is 94.2 cm³/mol. The monoisotopic (exact) mass is 313 g/mol. The quantitative estimate of drug-likeness (QED) is 0.932. The van der Waals surface area contributed by atoms with Crippen LogP contribution in [0.25, 0.3) is 11.4 Å². The van der Waals surface area contributed by atoms with Gasteiger partial charge in [-0.2, -0.15) is 0 Å². The Hall–Kier alpha value is -1.69. The van der Waals surface area contributed by atoms with Crippen LogP contribution < -0.4 is 5.73 Å². The highest BCUT2D eigenvalue weighted by molar-refractivity contribution is 5.56. The number of rotatable bonds is 4. The second-order valence-corrected chi connectivity index (χ2v) is 6.42. The highest BCUT2D eigenvalue weighted by Crippen LogP contribution is 2.28. The maximum absolute atomic E-state index is 6.13. The van der Waals surface area contributed by atoms with Crippen LogP contribution in [0.1, 0.15) is 17.4 Å². The number of aromatic nitrogens is 2. The normalized spacial score (nSPS) is 18.3. The molecule has 0 bridgehead atoms. The van der Waals surface area contributed by atoms with Gasteiger partial charge >= 0.3 is 0 Å². The smallest absolute Gasteiger partial charge is 0.140 e. The number of hydrogen-bond acceptors (Lipinski definition) is 4. The van der Waals surface area contributed by atoms with Gasteiger partial charge in [0.25, 0.3) is 0 Å². The molecule has 2 aromatic rings. The van der Waals surface area contributed by atoms with Crippen molar-refractivity contribution in [3.8, 4) is 11.4 Å². The van der Waals surface area contributed by atoms with E-state index in [-0.39, 0.29) is 6.04 Å². The van der Waals surface area contributed by atoms with Crippen molar-refractivity contribution in [1.29, 1.82) is 0 Å². The first-order valence-corrected chi connectivity index (χ1v) is 8.33. The third-order valence-electron chi connectivity index (χ3n) is 4.97. The minimum absolute atomic E-state index is 0.201. The Bertz CT molecular complexity index is 641. The Morgan fingerprint density at radius 2 is 1.74 bits per heavy atom. The fraction of sp³-hybridized carbons (Fsp3) is 0.500. The standard InChI is InChI=1S/C18H27N5/c1-14-17(16(13-19)23-11-9-21(2)10-12-23)20-18(22(14)3)15-7-5-4-6-8-15/h4-8,16H,9-13,19H2,1-3H3. The van der Waals surface area contributed by atoms with Crippen LogP contribution in [0.3, 0.4) is 0 Å². The fourth-order valence-electron chi connectivity index (χ4n) is 3.33. The van der Waals surface area contributed by atoms with Crippen molar-refractivity contribution in [2.75, 3.05) is 39.8 Å². The van der Waals surface area contributed by atoms with Gasteiger partial charge in [-0.1, -0.05) is 30.3 Å². The lowest BCUT2D eigenvalue weighted by molar-refractivity contribution is 0.112. The number of nitrogens with zero attached hydrogens (tertiary/aromatic N) is 4. The van der Waals surface area contributed by atoms with Crippen molar-refractivity contribution in [2.24, 2.45) is 12.8 Å². The Morgan fingerprint density at radius 3 is 2.35 bits per heavy atom. The molecule has 5 heteroatoms. The average molecular weight is 313 g/mol. The van der Waals surface area contributed by atoms with Gasteiger partial charge in [-0.3, -0.25) is 4.90 Å². The topological polar surface area (TPSA) is 50.3 Å². The molecule has 0 amide bonds. The van der Waals surface area contributed by atoms with Gasteiger partial charge in [0.15, 0.2) is 0 Å². The summed E-state index contributed by atoms with van der Waals surface area (Å²) in [6.45, 7) is 7.04. The third-order valence-corrected chi connectivity index (χ3v) is 4.97. The largest absolute Gasteiger partial charge is 0.331 e. The summed E-state index contributed by atoms with van der Waals surface area (Å²) in [6.07, 6.45) is 0. The van der Waals surface area contributed by atoms with E-state index in [1.165, 1.54) is 5.69 Å². The van der Waals surface area contributed by atoms with E-state index in [4.69, 9.17) is 10.7 Å². The van der Waals surface area contributed by atoms with Gasteiger partial charge in [0, 0.05) is 51.0 Å². The molecule has 1 atom stereocenters. The third kappa shape index (κ3) is 3.17. The Morgan fingerprint density at radius 1 is 1.09 bits per heavy atom. The van der Waals surface area contributed by atoms with E-state index < -0.39 is 0 Å². The van der Waals surface area contributed by atoms with Gasteiger partial charge in [0.2, 0.25) is 0 Å². The molecule has 124 valence electrons. The molecule has 5 nitrogen and oxygen atoms in total. The Labute approximate surface area is 138 Å². The van der Waals surface area contributed by atoms with Crippen LogP contribution in [0.5, 0.6) is 0 Å². The van der Waals surface area contributed by atoms with Crippen molar-refractivity contribution in [3.05, 3.63) is 41.7 Å². The molecular weight excluding hydrogens is 286 g/mol. The van der Waals surface area contributed by atoms with Crippen LogP contribution >= 0.6 is 0 Å². The molecule has 1 fully saturated rings.